The van der Waals surface area contributed by atoms with E-state index in [9.17, 15) is 0 Å². The fourth-order valence-electron chi connectivity index (χ4n) is 3.05. The molecule has 2 heteroatoms. The van der Waals surface area contributed by atoms with Crippen molar-refractivity contribution in [3.05, 3.63) is 29.3 Å². The van der Waals surface area contributed by atoms with Crippen molar-refractivity contribution in [2.45, 2.75) is 58.4 Å². The predicted octanol–water partition coefficient (Wildman–Crippen LogP) is 3.89. The summed E-state index contributed by atoms with van der Waals surface area (Å²) in [5.41, 5.74) is 4.13. The van der Waals surface area contributed by atoms with E-state index in [1.165, 1.54) is 48.9 Å². The monoisotopic (exact) mass is 260 g/mol. The maximum Gasteiger partial charge on any atom is 0.0402 e. The molecule has 106 valence electrons. The molecule has 0 bridgehead atoms. The Bertz CT molecular complexity index is 381. The SMILES string of the molecule is CCc1cccc(C)c1NCCNC1CCCCC1. The van der Waals surface area contributed by atoms with Crippen LogP contribution in [0.2, 0.25) is 0 Å². The van der Waals surface area contributed by atoms with Gasteiger partial charge in [0.1, 0.15) is 0 Å². The third kappa shape index (κ3) is 4.24. The molecule has 0 saturated heterocycles. The molecule has 0 spiro atoms. The van der Waals surface area contributed by atoms with E-state index in [1.807, 2.05) is 0 Å². The number of para-hydroxylation sites is 1. The lowest BCUT2D eigenvalue weighted by molar-refractivity contribution is 0.378. The minimum Gasteiger partial charge on any atom is -0.383 e. The van der Waals surface area contributed by atoms with Gasteiger partial charge in [0.15, 0.2) is 0 Å². The van der Waals surface area contributed by atoms with Gasteiger partial charge in [-0.25, -0.2) is 0 Å². The first-order chi connectivity index (χ1) is 9.31. The summed E-state index contributed by atoms with van der Waals surface area (Å²) in [5, 5.41) is 7.30. The van der Waals surface area contributed by atoms with Gasteiger partial charge < -0.3 is 10.6 Å². The first kappa shape index (κ1) is 14.4. The standard InChI is InChI=1S/C17H28N2/c1-3-15-9-7-8-14(2)17(15)19-13-12-18-16-10-5-4-6-11-16/h7-9,16,18-19H,3-6,10-13H2,1-2H3. The van der Waals surface area contributed by atoms with Gasteiger partial charge in [-0.1, -0.05) is 44.4 Å². The Balaban J connectivity index is 1.76. The van der Waals surface area contributed by atoms with Crippen LogP contribution in [0.1, 0.15) is 50.2 Å². The maximum absolute atomic E-state index is 3.69. The third-order valence-corrected chi connectivity index (χ3v) is 4.20. The van der Waals surface area contributed by atoms with Crippen LogP contribution in [-0.4, -0.2) is 19.1 Å². The Morgan fingerprint density at radius 1 is 1.11 bits per heavy atom. The highest BCUT2D eigenvalue weighted by atomic mass is 15.0. The molecule has 1 aliphatic carbocycles. The van der Waals surface area contributed by atoms with E-state index in [-0.39, 0.29) is 0 Å². The molecule has 1 aliphatic rings. The highest BCUT2D eigenvalue weighted by molar-refractivity contribution is 5.57. The molecule has 0 unspecified atom stereocenters. The van der Waals surface area contributed by atoms with E-state index in [4.69, 9.17) is 0 Å². The van der Waals surface area contributed by atoms with Crippen LogP contribution in [0.5, 0.6) is 0 Å². The van der Waals surface area contributed by atoms with Gasteiger partial charge in [-0.05, 0) is 37.3 Å². The lowest BCUT2D eigenvalue weighted by Crippen LogP contribution is -2.34. The summed E-state index contributed by atoms with van der Waals surface area (Å²) in [6.45, 7) is 6.51. The average Bonchev–Trinajstić information content (AvgIpc) is 2.46. The van der Waals surface area contributed by atoms with Gasteiger partial charge >= 0.3 is 0 Å². The van der Waals surface area contributed by atoms with E-state index in [0.29, 0.717) is 0 Å². The lowest BCUT2D eigenvalue weighted by atomic mass is 9.95. The first-order valence-electron chi connectivity index (χ1n) is 7.87. The van der Waals surface area contributed by atoms with E-state index < -0.39 is 0 Å². The molecule has 0 aromatic heterocycles. The zero-order valence-electron chi connectivity index (χ0n) is 12.5. The number of benzene rings is 1. The molecule has 0 atom stereocenters. The Morgan fingerprint density at radius 3 is 2.63 bits per heavy atom. The van der Waals surface area contributed by atoms with Crippen LogP contribution >= 0.6 is 0 Å². The molecule has 1 aromatic rings. The number of hydrogen-bond acceptors (Lipinski definition) is 2. The second-order valence-corrected chi connectivity index (χ2v) is 5.68. The van der Waals surface area contributed by atoms with Crippen LogP contribution in [0.4, 0.5) is 5.69 Å². The van der Waals surface area contributed by atoms with Crippen molar-refractivity contribution in [3.63, 3.8) is 0 Å². The van der Waals surface area contributed by atoms with Crippen LogP contribution in [-0.2, 0) is 6.42 Å². The summed E-state index contributed by atoms with van der Waals surface area (Å²) >= 11 is 0. The Morgan fingerprint density at radius 2 is 1.89 bits per heavy atom. The molecule has 0 radical (unpaired) electrons. The van der Waals surface area contributed by atoms with Gasteiger partial charge in [0, 0.05) is 24.8 Å². The van der Waals surface area contributed by atoms with E-state index >= 15 is 0 Å². The summed E-state index contributed by atoms with van der Waals surface area (Å²) in [6.07, 6.45) is 8.07. The van der Waals surface area contributed by atoms with Crippen molar-refractivity contribution in [3.8, 4) is 0 Å². The van der Waals surface area contributed by atoms with Crippen LogP contribution in [0.15, 0.2) is 18.2 Å². The minimum atomic E-state index is 0.762. The molecule has 0 aliphatic heterocycles. The molecule has 1 saturated carbocycles. The van der Waals surface area contributed by atoms with Crippen LogP contribution in [0.3, 0.4) is 0 Å². The van der Waals surface area contributed by atoms with Crippen molar-refractivity contribution in [1.82, 2.24) is 5.32 Å². The molecule has 0 heterocycles. The Hall–Kier alpha value is -1.02. The molecular formula is C17H28N2. The largest absolute Gasteiger partial charge is 0.383 e. The highest BCUT2D eigenvalue weighted by Gasteiger charge is 2.11. The van der Waals surface area contributed by atoms with Gasteiger partial charge in [0.05, 0.1) is 0 Å². The molecule has 2 rings (SSSR count). The van der Waals surface area contributed by atoms with Crippen LogP contribution in [0.25, 0.3) is 0 Å². The smallest absolute Gasteiger partial charge is 0.0402 e. The molecule has 1 fully saturated rings. The maximum atomic E-state index is 3.69. The Labute approximate surface area is 118 Å². The van der Waals surface area contributed by atoms with Gasteiger partial charge in [-0.2, -0.15) is 0 Å². The number of hydrogen-bond donors (Lipinski definition) is 2. The number of nitrogens with one attached hydrogen (secondary N) is 2. The highest BCUT2D eigenvalue weighted by Crippen LogP contribution is 2.21. The summed E-state index contributed by atoms with van der Waals surface area (Å²) in [7, 11) is 0. The normalized spacial score (nSPS) is 16.5. The van der Waals surface area contributed by atoms with Gasteiger partial charge in [0.25, 0.3) is 0 Å². The molecular weight excluding hydrogens is 232 g/mol. The molecule has 2 N–H and O–H groups in total. The first-order valence-corrected chi connectivity index (χ1v) is 7.87. The van der Waals surface area contributed by atoms with E-state index in [2.05, 4.69) is 42.7 Å². The summed E-state index contributed by atoms with van der Waals surface area (Å²) in [4.78, 5) is 0. The lowest BCUT2D eigenvalue weighted by Gasteiger charge is -2.23. The number of aryl methyl sites for hydroxylation is 2. The molecule has 19 heavy (non-hydrogen) atoms. The van der Waals surface area contributed by atoms with Gasteiger partial charge in [-0.15, -0.1) is 0 Å². The predicted molar refractivity (Wildman–Crippen MR) is 83.9 cm³/mol. The molecule has 0 amide bonds. The summed E-state index contributed by atoms with van der Waals surface area (Å²) < 4.78 is 0. The van der Waals surface area contributed by atoms with Crippen LogP contribution in [0, 0.1) is 6.92 Å². The van der Waals surface area contributed by atoms with Gasteiger partial charge in [0.2, 0.25) is 0 Å². The zero-order chi connectivity index (χ0) is 13.5. The topological polar surface area (TPSA) is 24.1 Å². The van der Waals surface area contributed by atoms with Gasteiger partial charge in [-0.3, -0.25) is 0 Å². The van der Waals surface area contributed by atoms with Crippen molar-refractivity contribution < 1.29 is 0 Å². The summed E-state index contributed by atoms with van der Waals surface area (Å²) in [6, 6.07) is 7.33. The number of anilines is 1. The van der Waals surface area contributed by atoms with Crippen molar-refractivity contribution >= 4 is 5.69 Å². The Kier molecular flexibility index (Phi) is 5.71. The van der Waals surface area contributed by atoms with Crippen molar-refractivity contribution in [2.24, 2.45) is 0 Å². The van der Waals surface area contributed by atoms with Crippen LogP contribution < -0.4 is 10.6 Å². The second-order valence-electron chi connectivity index (χ2n) is 5.68. The number of rotatable bonds is 6. The quantitative estimate of drug-likeness (QED) is 0.758. The fraction of sp³-hybridized carbons (Fsp3) is 0.647. The van der Waals surface area contributed by atoms with Crippen molar-refractivity contribution in [1.29, 1.82) is 0 Å². The minimum absolute atomic E-state index is 0.762. The second kappa shape index (κ2) is 7.54. The van der Waals surface area contributed by atoms with E-state index in [1.54, 1.807) is 0 Å². The van der Waals surface area contributed by atoms with E-state index in [0.717, 1.165) is 25.6 Å². The third-order valence-electron chi connectivity index (χ3n) is 4.20. The zero-order valence-corrected chi connectivity index (χ0v) is 12.5. The van der Waals surface area contributed by atoms with Crippen molar-refractivity contribution in [2.75, 3.05) is 18.4 Å². The molecule has 2 nitrogen and oxygen atoms in total. The summed E-state index contributed by atoms with van der Waals surface area (Å²) in [5.74, 6) is 0. The fourth-order valence-corrected chi connectivity index (χ4v) is 3.05. The average molecular weight is 260 g/mol. The molecule has 1 aromatic carbocycles.